The number of anilines is 1. The number of alkyl halides is 1. The zero-order valence-corrected chi connectivity index (χ0v) is 17.0. The number of aryl methyl sites for hydroxylation is 1. The lowest BCUT2D eigenvalue weighted by molar-refractivity contribution is -0.175. The van der Waals surface area contributed by atoms with E-state index in [9.17, 15) is 9.59 Å². The number of amides is 1. The molecule has 3 atom stereocenters. The van der Waals surface area contributed by atoms with Crippen molar-refractivity contribution < 1.29 is 14.3 Å². The number of para-hydroxylation sites is 1. The van der Waals surface area contributed by atoms with Crippen molar-refractivity contribution in [2.45, 2.75) is 62.8 Å². The molecule has 0 spiro atoms. The lowest BCUT2D eigenvalue weighted by atomic mass is 9.49. The molecule has 0 aromatic heterocycles. The van der Waals surface area contributed by atoms with Gasteiger partial charge in [0.15, 0.2) is 6.10 Å². The Morgan fingerprint density at radius 1 is 1.19 bits per heavy atom. The van der Waals surface area contributed by atoms with Crippen LogP contribution in [-0.4, -0.2) is 22.3 Å². The van der Waals surface area contributed by atoms with Crippen molar-refractivity contribution in [3.63, 3.8) is 0 Å². The predicted molar refractivity (Wildman–Crippen MR) is 104 cm³/mol. The largest absolute Gasteiger partial charge is 0.452 e. The first-order valence-corrected chi connectivity index (χ1v) is 10.3. The number of nitrogens with one attached hydrogen (secondary N) is 1. The van der Waals surface area contributed by atoms with Crippen LogP contribution in [-0.2, 0) is 14.3 Å². The molecule has 5 rings (SSSR count). The zero-order chi connectivity index (χ0) is 18.5. The molecule has 1 aromatic rings. The lowest BCUT2D eigenvalue weighted by Crippen LogP contribution is -2.56. The van der Waals surface area contributed by atoms with E-state index in [0.29, 0.717) is 11.8 Å². The number of hydrogen-bond donors (Lipinski definition) is 1. The highest BCUT2D eigenvalue weighted by Crippen LogP contribution is 2.64. The summed E-state index contributed by atoms with van der Waals surface area (Å²) in [5.74, 6) is 0.771. The van der Waals surface area contributed by atoms with E-state index in [-0.39, 0.29) is 16.2 Å². The first kappa shape index (κ1) is 18.0. The van der Waals surface area contributed by atoms with Gasteiger partial charge in [-0.25, -0.2) is 0 Å². The molecular formula is C21H26BrNO3. The van der Waals surface area contributed by atoms with E-state index in [0.717, 1.165) is 30.5 Å². The molecule has 4 bridgehead atoms. The number of carbonyl (C=O) groups excluding carboxylic acids is 2. The van der Waals surface area contributed by atoms with E-state index >= 15 is 0 Å². The van der Waals surface area contributed by atoms with Crippen LogP contribution in [0.25, 0.3) is 0 Å². The van der Waals surface area contributed by atoms with Gasteiger partial charge in [-0.2, -0.15) is 0 Å². The Hall–Kier alpha value is -1.36. The molecule has 0 aliphatic heterocycles. The summed E-state index contributed by atoms with van der Waals surface area (Å²) in [5, 5.41) is 2.87. The van der Waals surface area contributed by atoms with E-state index in [1.54, 1.807) is 6.92 Å². The summed E-state index contributed by atoms with van der Waals surface area (Å²) in [6.07, 6.45) is 5.47. The molecule has 4 nitrogen and oxygen atoms in total. The number of hydrogen-bond acceptors (Lipinski definition) is 3. The summed E-state index contributed by atoms with van der Waals surface area (Å²) in [7, 11) is 0. The van der Waals surface area contributed by atoms with E-state index in [4.69, 9.17) is 4.74 Å². The molecule has 5 heteroatoms. The van der Waals surface area contributed by atoms with Crippen LogP contribution in [0.1, 0.15) is 51.0 Å². The van der Waals surface area contributed by atoms with E-state index in [1.165, 1.54) is 19.3 Å². The summed E-state index contributed by atoms with van der Waals surface area (Å²) < 4.78 is 5.78. The van der Waals surface area contributed by atoms with Gasteiger partial charge < -0.3 is 10.1 Å². The molecule has 4 aliphatic rings. The first-order valence-electron chi connectivity index (χ1n) is 9.55. The molecule has 0 heterocycles. The van der Waals surface area contributed by atoms with Crippen LogP contribution in [0, 0.1) is 24.2 Å². The van der Waals surface area contributed by atoms with Crippen LogP contribution in [0.2, 0.25) is 0 Å². The molecule has 140 valence electrons. The molecule has 3 unspecified atom stereocenters. The number of benzene rings is 1. The van der Waals surface area contributed by atoms with Crippen LogP contribution >= 0.6 is 15.9 Å². The quantitative estimate of drug-likeness (QED) is 0.572. The molecule has 4 saturated carbocycles. The third kappa shape index (κ3) is 3.19. The van der Waals surface area contributed by atoms with Crippen molar-refractivity contribution in [1.82, 2.24) is 0 Å². The fraction of sp³-hybridized carbons (Fsp3) is 0.619. The Morgan fingerprint density at radius 2 is 1.85 bits per heavy atom. The molecule has 0 saturated heterocycles. The Labute approximate surface area is 163 Å². The van der Waals surface area contributed by atoms with Crippen molar-refractivity contribution >= 4 is 33.5 Å². The summed E-state index contributed by atoms with van der Waals surface area (Å²) in [4.78, 5) is 25.5. The third-order valence-electron chi connectivity index (χ3n) is 6.48. The van der Waals surface area contributed by atoms with E-state index in [2.05, 4.69) is 21.2 Å². The van der Waals surface area contributed by atoms with Gasteiger partial charge in [0.2, 0.25) is 0 Å². The Kier molecular flexibility index (Phi) is 4.41. The average Bonchev–Trinajstić information content (AvgIpc) is 2.54. The zero-order valence-electron chi connectivity index (χ0n) is 15.4. The van der Waals surface area contributed by atoms with Crippen LogP contribution in [0.4, 0.5) is 5.69 Å². The van der Waals surface area contributed by atoms with Crippen molar-refractivity contribution in [2.24, 2.45) is 17.3 Å². The van der Waals surface area contributed by atoms with Gasteiger partial charge in [0.05, 0.1) is 5.41 Å². The van der Waals surface area contributed by atoms with Crippen molar-refractivity contribution in [3.05, 3.63) is 29.8 Å². The Balaban J connectivity index is 1.43. The van der Waals surface area contributed by atoms with Gasteiger partial charge in [-0.15, -0.1) is 0 Å². The van der Waals surface area contributed by atoms with Crippen LogP contribution in [0.5, 0.6) is 0 Å². The molecule has 4 aliphatic carbocycles. The van der Waals surface area contributed by atoms with Gasteiger partial charge in [-0.05, 0) is 75.8 Å². The van der Waals surface area contributed by atoms with Crippen LogP contribution in [0.15, 0.2) is 24.3 Å². The fourth-order valence-corrected chi connectivity index (χ4v) is 7.13. The standard InChI is InChI=1S/C21H26BrNO3/c1-13-5-3-4-6-17(13)23-18(24)14(2)26-19(25)20-8-15-7-16(9-20)11-21(22,10-15)12-20/h3-6,14-16H,7-12H2,1-2H3,(H,23,24). The number of ether oxygens (including phenoxy) is 1. The maximum Gasteiger partial charge on any atom is 0.312 e. The van der Waals surface area contributed by atoms with E-state index in [1.807, 2.05) is 31.2 Å². The van der Waals surface area contributed by atoms with Gasteiger partial charge in [-0.3, -0.25) is 9.59 Å². The number of rotatable bonds is 4. The molecule has 1 N–H and O–H groups in total. The topological polar surface area (TPSA) is 55.4 Å². The smallest absolute Gasteiger partial charge is 0.312 e. The Morgan fingerprint density at radius 3 is 2.46 bits per heavy atom. The second-order valence-corrected chi connectivity index (χ2v) is 10.4. The molecule has 1 amide bonds. The van der Waals surface area contributed by atoms with Gasteiger partial charge >= 0.3 is 5.97 Å². The van der Waals surface area contributed by atoms with Gasteiger partial charge in [0.25, 0.3) is 5.91 Å². The minimum Gasteiger partial charge on any atom is -0.452 e. The highest BCUT2D eigenvalue weighted by Gasteiger charge is 2.60. The van der Waals surface area contributed by atoms with Gasteiger partial charge in [-0.1, -0.05) is 34.1 Å². The van der Waals surface area contributed by atoms with Crippen LogP contribution < -0.4 is 5.32 Å². The highest BCUT2D eigenvalue weighted by atomic mass is 79.9. The average molecular weight is 420 g/mol. The molecule has 1 aromatic carbocycles. The van der Waals surface area contributed by atoms with E-state index < -0.39 is 11.5 Å². The normalized spacial score (nSPS) is 35.8. The minimum atomic E-state index is -0.790. The first-order chi connectivity index (χ1) is 12.3. The van der Waals surface area contributed by atoms with Gasteiger partial charge in [0, 0.05) is 10.0 Å². The minimum absolute atomic E-state index is 0.1000. The van der Waals surface area contributed by atoms with Crippen molar-refractivity contribution in [1.29, 1.82) is 0 Å². The predicted octanol–water partition coefficient (Wildman–Crippen LogP) is 4.60. The second kappa shape index (κ2) is 6.36. The fourth-order valence-electron chi connectivity index (χ4n) is 5.68. The van der Waals surface area contributed by atoms with Crippen molar-refractivity contribution in [2.75, 3.05) is 5.32 Å². The highest BCUT2D eigenvalue weighted by molar-refractivity contribution is 9.10. The summed E-state index contributed by atoms with van der Waals surface area (Å²) in [6, 6.07) is 7.61. The Bertz CT molecular complexity index is 733. The summed E-state index contributed by atoms with van der Waals surface area (Å²) >= 11 is 3.92. The van der Waals surface area contributed by atoms with Gasteiger partial charge in [0.1, 0.15) is 0 Å². The number of halogens is 1. The molecule has 0 radical (unpaired) electrons. The summed E-state index contributed by atoms with van der Waals surface area (Å²) in [6.45, 7) is 3.60. The monoisotopic (exact) mass is 419 g/mol. The van der Waals surface area contributed by atoms with Crippen LogP contribution in [0.3, 0.4) is 0 Å². The van der Waals surface area contributed by atoms with Crippen molar-refractivity contribution in [3.8, 4) is 0 Å². The number of esters is 1. The third-order valence-corrected chi connectivity index (χ3v) is 7.41. The second-order valence-electron chi connectivity index (χ2n) is 8.74. The lowest BCUT2D eigenvalue weighted by Gasteiger charge is -2.58. The maximum absolute atomic E-state index is 13.1. The number of carbonyl (C=O) groups is 2. The maximum atomic E-state index is 13.1. The summed E-state index contributed by atoms with van der Waals surface area (Å²) in [5.41, 5.74) is 1.35. The molecule has 26 heavy (non-hydrogen) atoms. The molecular weight excluding hydrogens is 394 g/mol. The molecule has 4 fully saturated rings. The SMILES string of the molecule is Cc1ccccc1NC(=O)C(C)OC(=O)C12CC3CC(CC(Br)(C3)C1)C2.